The highest BCUT2D eigenvalue weighted by Gasteiger charge is 2.21. The number of amides is 1. The van der Waals surface area contributed by atoms with Crippen molar-refractivity contribution in [1.29, 1.82) is 0 Å². The summed E-state index contributed by atoms with van der Waals surface area (Å²) >= 11 is 1.85. The molecular weight excluding hydrogens is 282 g/mol. The third kappa shape index (κ3) is 3.31. The Hall–Kier alpha value is -1.72. The molecule has 3 rings (SSSR count). The maximum Gasteiger partial charge on any atom is 0.269 e. The van der Waals surface area contributed by atoms with E-state index in [0.717, 1.165) is 19.5 Å². The molecule has 2 aromatic rings. The number of thiophene rings is 1. The summed E-state index contributed by atoms with van der Waals surface area (Å²) in [6.07, 6.45) is 2.76. The lowest BCUT2D eigenvalue weighted by molar-refractivity contribution is 0.0928. The van der Waals surface area contributed by atoms with Crippen LogP contribution < -0.4 is 5.32 Å². The highest BCUT2D eigenvalue weighted by atomic mass is 32.1. The second-order valence-electron chi connectivity index (χ2n) is 5.36. The molecule has 0 spiro atoms. The summed E-state index contributed by atoms with van der Waals surface area (Å²) in [7, 11) is 0. The molecule has 110 valence electrons. The van der Waals surface area contributed by atoms with E-state index >= 15 is 0 Å². The van der Waals surface area contributed by atoms with Crippen LogP contribution in [0.15, 0.2) is 35.8 Å². The van der Waals surface area contributed by atoms with Gasteiger partial charge in [0.25, 0.3) is 5.91 Å². The third-order valence-corrected chi connectivity index (χ3v) is 4.94. The zero-order valence-electron chi connectivity index (χ0n) is 12.1. The summed E-state index contributed by atoms with van der Waals surface area (Å²) in [5.74, 6) is -0.101. The molecule has 0 unspecified atom stereocenters. The number of nitrogens with zero attached hydrogens (tertiary/aromatic N) is 2. The van der Waals surface area contributed by atoms with Crippen molar-refractivity contribution in [1.82, 2.24) is 15.2 Å². The van der Waals surface area contributed by atoms with Crippen LogP contribution >= 0.6 is 11.3 Å². The number of carbonyl (C=O) groups is 1. The van der Waals surface area contributed by atoms with Gasteiger partial charge in [-0.2, -0.15) is 0 Å². The molecule has 5 heteroatoms. The van der Waals surface area contributed by atoms with E-state index in [1.807, 2.05) is 23.5 Å². The maximum absolute atomic E-state index is 12.0. The Balaban J connectivity index is 1.53. The molecule has 0 saturated carbocycles. The number of nitrogens with one attached hydrogen (secondary N) is 1. The molecule has 0 radical (unpaired) electrons. The monoisotopic (exact) mass is 301 g/mol. The highest BCUT2D eigenvalue weighted by Crippen LogP contribution is 2.24. The first kappa shape index (κ1) is 14.2. The summed E-state index contributed by atoms with van der Waals surface area (Å²) in [5.41, 5.74) is 1.91. The molecule has 0 saturated heterocycles. The van der Waals surface area contributed by atoms with Crippen LogP contribution in [-0.2, 0) is 13.0 Å². The fourth-order valence-corrected chi connectivity index (χ4v) is 3.49. The van der Waals surface area contributed by atoms with Crippen LogP contribution in [0.4, 0.5) is 0 Å². The standard InChI is InChI=1S/C16H19N3OS/c1-12(10-18-16(20)14-4-2-3-7-17-14)19-8-5-15-13(11-19)6-9-21-15/h2-4,6-7,9,12H,5,8,10-11H2,1H3,(H,18,20)/t12-/m1/s1. The molecule has 21 heavy (non-hydrogen) atoms. The van der Waals surface area contributed by atoms with E-state index in [9.17, 15) is 4.79 Å². The molecule has 4 nitrogen and oxygen atoms in total. The van der Waals surface area contributed by atoms with Gasteiger partial charge in [0.1, 0.15) is 5.69 Å². The molecule has 1 amide bonds. The van der Waals surface area contributed by atoms with E-state index in [4.69, 9.17) is 0 Å². The van der Waals surface area contributed by atoms with Crippen LogP contribution in [0, 0.1) is 0 Å². The molecular formula is C16H19N3OS. The third-order valence-electron chi connectivity index (χ3n) is 3.92. The van der Waals surface area contributed by atoms with Gasteiger partial charge in [-0.05, 0) is 42.5 Å². The average Bonchev–Trinajstić information content (AvgIpc) is 3.00. The number of pyridine rings is 1. The lowest BCUT2D eigenvalue weighted by atomic mass is 10.1. The van der Waals surface area contributed by atoms with Crippen LogP contribution in [-0.4, -0.2) is 34.9 Å². The minimum absolute atomic E-state index is 0.101. The molecule has 1 aliphatic rings. The molecule has 0 bridgehead atoms. The summed E-state index contributed by atoms with van der Waals surface area (Å²) in [6.45, 7) is 4.86. The van der Waals surface area contributed by atoms with Gasteiger partial charge in [-0.1, -0.05) is 6.07 Å². The number of hydrogen-bond acceptors (Lipinski definition) is 4. The summed E-state index contributed by atoms with van der Waals surface area (Å²) in [5, 5.41) is 5.14. The van der Waals surface area contributed by atoms with E-state index in [2.05, 4.69) is 33.6 Å². The van der Waals surface area contributed by atoms with Gasteiger partial charge in [0.05, 0.1) is 0 Å². The normalized spacial score (nSPS) is 16.2. The van der Waals surface area contributed by atoms with Crippen molar-refractivity contribution in [3.63, 3.8) is 0 Å². The van der Waals surface area contributed by atoms with E-state index in [-0.39, 0.29) is 5.91 Å². The quantitative estimate of drug-likeness (QED) is 0.942. The minimum atomic E-state index is -0.101. The van der Waals surface area contributed by atoms with Crippen LogP contribution in [0.1, 0.15) is 27.9 Å². The minimum Gasteiger partial charge on any atom is -0.349 e. The second kappa shape index (κ2) is 6.37. The first-order valence-electron chi connectivity index (χ1n) is 7.22. The first-order valence-corrected chi connectivity index (χ1v) is 8.10. The Morgan fingerprint density at radius 2 is 2.38 bits per heavy atom. The summed E-state index contributed by atoms with van der Waals surface area (Å²) < 4.78 is 0. The van der Waals surface area contributed by atoms with E-state index in [0.29, 0.717) is 18.3 Å². The Morgan fingerprint density at radius 1 is 1.48 bits per heavy atom. The maximum atomic E-state index is 12.0. The van der Waals surface area contributed by atoms with Crippen molar-refractivity contribution in [3.8, 4) is 0 Å². The van der Waals surface area contributed by atoms with Crippen LogP contribution in [0.3, 0.4) is 0 Å². The lowest BCUT2D eigenvalue weighted by Crippen LogP contribution is -2.44. The first-order chi connectivity index (χ1) is 10.2. The van der Waals surface area contributed by atoms with E-state index in [1.54, 1.807) is 12.3 Å². The molecule has 1 N–H and O–H groups in total. The van der Waals surface area contributed by atoms with E-state index in [1.165, 1.54) is 10.4 Å². The van der Waals surface area contributed by atoms with Gasteiger partial charge in [-0.15, -0.1) is 11.3 Å². The Labute approximate surface area is 128 Å². The fraction of sp³-hybridized carbons (Fsp3) is 0.375. The number of carbonyl (C=O) groups excluding carboxylic acids is 1. The van der Waals surface area contributed by atoms with Crippen molar-refractivity contribution >= 4 is 17.2 Å². The molecule has 0 aromatic carbocycles. The molecule has 0 aliphatic carbocycles. The molecule has 0 fully saturated rings. The zero-order valence-corrected chi connectivity index (χ0v) is 12.9. The molecule has 3 heterocycles. The lowest BCUT2D eigenvalue weighted by Gasteiger charge is -2.32. The Morgan fingerprint density at radius 3 is 3.19 bits per heavy atom. The zero-order chi connectivity index (χ0) is 14.7. The Kier molecular flexibility index (Phi) is 4.31. The van der Waals surface area contributed by atoms with Gasteiger partial charge in [0.15, 0.2) is 0 Å². The SMILES string of the molecule is C[C@H](CNC(=O)c1ccccn1)N1CCc2sccc2C1. The number of aromatic nitrogens is 1. The predicted molar refractivity (Wildman–Crippen MR) is 84.5 cm³/mol. The van der Waals surface area contributed by atoms with Crippen molar-refractivity contribution in [2.45, 2.75) is 25.9 Å². The Bertz CT molecular complexity index is 611. The van der Waals surface area contributed by atoms with Gasteiger partial charge < -0.3 is 5.32 Å². The smallest absolute Gasteiger partial charge is 0.269 e. The van der Waals surface area contributed by atoms with Gasteiger partial charge in [-0.3, -0.25) is 14.7 Å². The van der Waals surface area contributed by atoms with Crippen molar-refractivity contribution in [3.05, 3.63) is 52.0 Å². The molecule has 2 aromatic heterocycles. The van der Waals surface area contributed by atoms with Gasteiger partial charge in [0, 0.05) is 36.8 Å². The van der Waals surface area contributed by atoms with Crippen molar-refractivity contribution in [2.24, 2.45) is 0 Å². The van der Waals surface area contributed by atoms with Crippen molar-refractivity contribution < 1.29 is 4.79 Å². The number of rotatable bonds is 4. The largest absolute Gasteiger partial charge is 0.349 e. The molecule has 1 atom stereocenters. The van der Waals surface area contributed by atoms with Gasteiger partial charge in [0.2, 0.25) is 0 Å². The average molecular weight is 301 g/mol. The predicted octanol–water partition coefficient (Wildman–Crippen LogP) is 2.32. The highest BCUT2D eigenvalue weighted by molar-refractivity contribution is 7.10. The van der Waals surface area contributed by atoms with E-state index < -0.39 is 0 Å². The fourth-order valence-electron chi connectivity index (χ4n) is 2.60. The van der Waals surface area contributed by atoms with Gasteiger partial charge in [-0.25, -0.2) is 0 Å². The second-order valence-corrected chi connectivity index (χ2v) is 6.36. The molecule has 1 aliphatic heterocycles. The van der Waals surface area contributed by atoms with Crippen LogP contribution in [0.5, 0.6) is 0 Å². The number of hydrogen-bond donors (Lipinski definition) is 1. The van der Waals surface area contributed by atoms with Gasteiger partial charge >= 0.3 is 0 Å². The van der Waals surface area contributed by atoms with Crippen LogP contribution in [0.25, 0.3) is 0 Å². The van der Waals surface area contributed by atoms with Crippen LogP contribution in [0.2, 0.25) is 0 Å². The van der Waals surface area contributed by atoms with Crippen molar-refractivity contribution in [2.75, 3.05) is 13.1 Å². The summed E-state index contributed by atoms with van der Waals surface area (Å²) in [4.78, 5) is 20.0. The summed E-state index contributed by atoms with van der Waals surface area (Å²) in [6, 6.07) is 7.91. The topological polar surface area (TPSA) is 45.2 Å². The number of fused-ring (bicyclic) bond motifs is 1.